The largest absolute Gasteiger partial charge is 0.462 e. The second-order valence-corrected chi connectivity index (χ2v) is 11.0. The molecule has 2 unspecified atom stereocenters. The molecule has 0 radical (unpaired) electrons. The van der Waals surface area contributed by atoms with Gasteiger partial charge in [0.2, 0.25) is 5.91 Å². The second kappa shape index (κ2) is 12.3. The maximum Gasteiger partial charge on any atom is 0.338 e. The molecular formula is C30H27N3O4S2. The molecule has 7 nitrogen and oxygen atoms in total. The van der Waals surface area contributed by atoms with Crippen LogP contribution in [0.1, 0.15) is 17.3 Å². The van der Waals surface area contributed by atoms with E-state index in [1.54, 1.807) is 43.0 Å². The van der Waals surface area contributed by atoms with Crippen molar-refractivity contribution in [3.05, 3.63) is 103 Å². The summed E-state index contributed by atoms with van der Waals surface area (Å²) >= 11 is 3.13. The van der Waals surface area contributed by atoms with E-state index >= 15 is 0 Å². The normalized spacial score (nSPS) is 17.1. The summed E-state index contributed by atoms with van der Waals surface area (Å²) in [6.07, 6.45) is 8.19. The quantitative estimate of drug-likeness (QED) is 0.251. The van der Waals surface area contributed by atoms with Crippen molar-refractivity contribution in [1.82, 2.24) is 0 Å². The van der Waals surface area contributed by atoms with Crippen LogP contribution < -0.4 is 15.5 Å². The van der Waals surface area contributed by atoms with Gasteiger partial charge in [0.05, 0.1) is 34.9 Å². The van der Waals surface area contributed by atoms with Crippen LogP contribution in [-0.2, 0) is 9.53 Å². The van der Waals surface area contributed by atoms with Gasteiger partial charge < -0.3 is 15.4 Å². The van der Waals surface area contributed by atoms with E-state index in [2.05, 4.69) is 22.8 Å². The molecule has 0 saturated heterocycles. The van der Waals surface area contributed by atoms with Gasteiger partial charge in [-0.3, -0.25) is 9.69 Å². The zero-order chi connectivity index (χ0) is 27.2. The van der Waals surface area contributed by atoms with Gasteiger partial charge in [-0.05, 0) is 61.5 Å². The lowest BCUT2D eigenvalue weighted by molar-refractivity contribution is -0.113. The number of anilines is 3. The van der Waals surface area contributed by atoms with Gasteiger partial charge in [-0.25, -0.2) is 9.59 Å². The topological polar surface area (TPSA) is 87.7 Å². The maximum absolute atomic E-state index is 13.5. The van der Waals surface area contributed by atoms with Crippen molar-refractivity contribution in [3.63, 3.8) is 0 Å². The van der Waals surface area contributed by atoms with Crippen molar-refractivity contribution >= 4 is 58.5 Å². The molecule has 2 aliphatic rings. The Morgan fingerprint density at radius 2 is 1.72 bits per heavy atom. The highest BCUT2D eigenvalue weighted by atomic mass is 32.2. The van der Waals surface area contributed by atoms with Crippen LogP contribution in [0.5, 0.6) is 0 Å². The molecule has 39 heavy (non-hydrogen) atoms. The summed E-state index contributed by atoms with van der Waals surface area (Å²) in [6, 6.07) is 21.7. The minimum atomic E-state index is -0.395. The second-order valence-electron chi connectivity index (χ2n) is 8.77. The Bertz CT molecular complexity index is 1440. The number of thioether (sulfide) groups is 2. The van der Waals surface area contributed by atoms with E-state index in [9.17, 15) is 14.4 Å². The Hall–Kier alpha value is -3.95. The number of esters is 1. The van der Waals surface area contributed by atoms with Gasteiger partial charge in [0.15, 0.2) is 0 Å². The fraction of sp³-hybridized carbons (Fsp3) is 0.167. The van der Waals surface area contributed by atoms with Crippen LogP contribution in [0.25, 0.3) is 0 Å². The SMILES string of the molecule is CCOC(=O)c1ccc(NC(=O)CSc2cccc(NC(=O)N3c4ccccc4SC4C=CC=CC43)c2)cc1. The third kappa shape index (κ3) is 6.38. The van der Waals surface area contributed by atoms with E-state index in [4.69, 9.17) is 4.74 Å². The van der Waals surface area contributed by atoms with Gasteiger partial charge in [-0.1, -0.05) is 42.5 Å². The van der Waals surface area contributed by atoms with Gasteiger partial charge in [-0.2, -0.15) is 0 Å². The third-order valence-electron chi connectivity index (χ3n) is 6.10. The van der Waals surface area contributed by atoms with Crippen LogP contribution in [0.2, 0.25) is 0 Å². The van der Waals surface area contributed by atoms with Crippen LogP contribution in [0.3, 0.4) is 0 Å². The lowest BCUT2D eigenvalue weighted by Crippen LogP contribution is -2.49. The van der Waals surface area contributed by atoms with Crippen molar-refractivity contribution in [2.75, 3.05) is 27.9 Å². The standard InChI is InChI=1S/C30H27N3O4S2/c1-2-37-29(35)20-14-16-21(17-15-20)31-28(34)19-38-23-9-7-8-22(18-23)32-30(36)33-24-10-3-5-12-26(24)39-27-13-6-4-11-25(27)33/h3-18,24,26H,2,19H2,1H3,(H,31,34)(H,32,36). The molecule has 1 heterocycles. The number of fused-ring (bicyclic) bond motifs is 2. The fourth-order valence-electron chi connectivity index (χ4n) is 4.32. The number of allylic oxidation sites excluding steroid dienone is 2. The Balaban J connectivity index is 1.20. The van der Waals surface area contributed by atoms with Crippen LogP contribution in [0, 0.1) is 0 Å². The number of urea groups is 1. The maximum atomic E-state index is 13.5. The zero-order valence-corrected chi connectivity index (χ0v) is 22.8. The Morgan fingerprint density at radius 3 is 2.54 bits per heavy atom. The van der Waals surface area contributed by atoms with Gasteiger partial charge in [0.1, 0.15) is 0 Å². The van der Waals surface area contributed by atoms with E-state index in [1.165, 1.54) is 11.8 Å². The van der Waals surface area contributed by atoms with Gasteiger partial charge in [-0.15, -0.1) is 23.5 Å². The van der Waals surface area contributed by atoms with Gasteiger partial charge in [0.25, 0.3) is 0 Å². The Labute approximate surface area is 235 Å². The smallest absolute Gasteiger partial charge is 0.338 e. The number of amides is 3. The number of para-hydroxylation sites is 1. The molecule has 0 spiro atoms. The van der Waals surface area contributed by atoms with Crippen LogP contribution in [0.4, 0.5) is 21.9 Å². The highest BCUT2D eigenvalue weighted by Crippen LogP contribution is 2.43. The molecule has 0 bridgehead atoms. The molecule has 0 fully saturated rings. The molecular weight excluding hydrogens is 530 g/mol. The predicted octanol–water partition coefficient (Wildman–Crippen LogP) is 6.60. The summed E-state index contributed by atoms with van der Waals surface area (Å²) in [5.74, 6) is -0.383. The minimum Gasteiger partial charge on any atom is -0.462 e. The van der Waals surface area contributed by atoms with Crippen LogP contribution >= 0.6 is 23.5 Å². The van der Waals surface area contributed by atoms with Crippen LogP contribution in [-0.4, -0.2) is 41.6 Å². The molecule has 1 aliphatic heterocycles. The number of carbonyl (C=O) groups is 3. The molecule has 2 atom stereocenters. The number of benzene rings is 3. The van der Waals surface area contributed by atoms with Crippen molar-refractivity contribution in [1.29, 1.82) is 0 Å². The summed E-state index contributed by atoms with van der Waals surface area (Å²) in [5, 5.41) is 6.03. The molecule has 198 valence electrons. The summed E-state index contributed by atoms with van der Waals surface area (Å²) in [5.41, 5.74) is 2.57. The van der Waals surface area contributed by atoms with E-state index < -0.39 is 5.97 Å². The zero-order valence-electron chi connectivity index (χ0n) is 21.2. The van der Waals surface area contributed by atoms with E-state index in [0.717, 1.165) is 15.5 Å². The first kappa shape index (κ1) is 26.6. The van der Waals surface area contributed by atoms with E-state index in [0.29, 0.717) is 23.5 Å². The molecule has 3 aromatic rings. The molecule has 3 amide bonds. The molecule has 3 aromatic carbocycles. The number of rotatable bonds is 7. The number of hydrogen-bond acceptors (Lipinski definition) is 6. The van der Waals surface area contributed by atoms with Gasteiger partial charge in [0, 0.05) is 21.2 Å². The minimum absolute atomic E-state index is 0.0810. The lowest BCUT2D eigenvalue weighted by atomic mass is 10.1. The fourth-order valence-corrected chi connectivity index (χ4v) is 6.34. The number of nitrogens with one attached hydrogen (secondary N) is 2. The first-order valence-corrected chi connectivity index (χ1v) is 14.4. The monoisotopic (exact) mass is 557 g/mol. The van der Waals surface area contributed by atoms with Crippen molar-refractivity contribution in [2.24, 2.45) is 0 Å². The molecule has 0 aromatic heterocycles. The summed E-state index contributed by atoms with van der Waals surface area (Å²) in [4.78, 5) is 41.6. The van der Waals surface area contributed by atoms with Gasteiger partial charge >= 0.3 is 12.0 Å². The molecule has 5 rings (SSSR count). The highest BCUT2D eigenvalue weighted by molar-refractivity contribution is 8.00. The Morgan fingerprint density at radius 1 is 0.923 bits per heavy atom. The van der Waals surface area contributed by atoms with Crippen molar-refractivity contribution in [3.8, 4) is 0 Å². The van der Waals surface area contributed by atoms with Crippen molar-refractivity contribution < 1.29 is 19.1 Å². The summed E-state index contributed by atoms with van der Waals surface area (Å²) in [7, 11) is 0. The van der Waals surface area contributed by atoms with Crippen LogP contribution in [0.15, 0.2) is 107 Å². The molecule has 9 heteroatoms. The number of hydrogen-bond donors (Lipinski definition) is 2. The molecule has 1 aliphatic carbocycles. The summed E-state index contributed by atoms with van der Waals surface area (Å²) in [6.45, 7) is 2.06. The third-order valence-corrected chi connectivity index (χ3v) is 8.40. The molecule has 2 N–H and O–H groups in total. The number of nitrogens with zero attached hydrogens (tertiary/aromatic N) is 1. The van der Waals surface area contributed by atoms with E-state index in [-0.39, 0.29) is 29.0 Å². The first-order valence-electron chi connectivity index (χ1n) is 12.5. The number of carbonyl (C=O) groups excluding carboxylic acids is 3. The summed E-state index contributed by atoms with van der Waals surface area (Å²) < 4.78 is 4.98. The lowest BCUT2D eigenvalue weighted by Gasteiger charge is -2.40. The van der Waals surface area contributed by atoms with E-state index in [1.807, 2.05) is 65.6 Å². The predicted molar refractivity (Wildman–Crippen MR) is 158 cm³/mol. The highest BCUT2D eigenvalue weighted by Gasteiger charge is 2.36. The average molecular weight is 558 g/mol. The average Bonchev–Trinajstić information content (AvgIpc) is 2.95. The number of ether oxygens (including phenoxy) is 1. The van der Waals surface area contributed by atoms with Crippen molar-refractivity contribution in [2.45, 2.75) is 28.0 Å². The first-order chi connectivity index (χ1) is 19.0. The Kier molecular flexibility index (Phi) is 8.39. The molecule has 0 saturated carbocycles.